The number of non-ortho nitro benzene ring substituents is 1. The smallest absolute Gasteiger partial charge is 0.269 e. The Morgan fingerprint density at radius 3 is 2.79 bits per heavy atom. The molecule has 4 aromatic rings. The predicted molar refractivity (Wildman–Crippen MR) is 87.4 cm³/mol. The fourth-order valence-corrected chi connectivity index (χ4v) is 2.79. The van der Waals surface area contributed by atoms with E-state index in [9.17, 15) is 10.1 Å². The van der Waals surface area contributed by atoms with Crippen LogP contribution in [-0.4, -0.2) is 19.7 Å². The molecule has 2 aromatic heterocycles. The van der Waals surface area contributed by atoms with E-state index in [2.05, 4.69) is 10.2 Å². The van der Waals surface area contributed by atoms with Crippen LogP contribution in [0.15, 0.2) is 65.4 Å². The van der Waals surface area contributed by atoms with Gasteiger partial charge in [0.1, 0.15) is 5.69 Å². The van der Waals surface area contributed by atoms with Crippen molar-refractivity contribution in [3.8, 4) is 11.6 Å². The third kappa shape index (κ3) is 2.41. The van der Waals surface area contributed by atoms with E-state index in [1.165, 1.54) is 12.5 Å². The molecular weight excluding hydrogens is 308 g/mol. The summed E-state index contributed by atoms with van der Waals surface area (Å²) in [5, 5.41) is 19.7. The van der Waals surface area contributed by atoms with Crippen LogP contribution in [0.25, 0.3) is 22.5 Å². The maximum absolute atomic E-state index is 11.0. The van der Waals surface area contributed by atoms with Gasteiger partial charge in [0.2, 0.25) is 6.39 Å². The summed E-state index contributed by atoms with van der Waals surface area (Å²) in [6.45, 7) is 0.465. The number of hydrogen-bond acceptors (Lipinski definition) is 5. The molecule has 4 rings (SSSR count). The van der Waals surface area contributed by atoms with Crippen molar-refractivity contribution in [2.24, 2.45) is 0 Å². The molecule has 0 bridgehead atoms. The van der Waals surface area contributed by atoms with Crippen LogP contribution >= 0.6 is 0 Å². The number of hydrogen-bond donors (Lipinski definition) is 0. The largest absolute Gasteiger partial charge is 0.422 e. The highest BCUT2D eigenvalue weighted by Gasteiger charge is 2.15. The zero-order valence-electron chi connectivity index (χ0n) is 12.5. The molecule has 0 spiro atoms. The lowest BCUT2D eigenvalue weighted by Crippen LogP contribution is -2.02. The van der Waals surface area contributed by atoms with Crippen LogP contribution in [0.5, 0.6) is 0 Å². The summed E-state index contributed by atoms with van der Waals surface area (Å²) in [5.74, 6) is 0.414. The number of fused-ring (bicyclic) bond motifs is 1. The van der Waals surface area contributed by atoms with Crippen molar-refractivity contribution >= 4 is 16.6 Å². The van der Waals surface area contributed by atoms with Crippen molar-refractivity contribution < 1.29 is 9.34 Å². The summed E-state index contributed by atoms with van der Waals surface area (Å²) < 4.78 is 7.35. The fraction of sp³-hybridized carbons (Fsp3) is 0.0588. The minimum Gasteiger partial charge on any atom is -0.422 e. The lowest BCUT2D eigenvalue weighted by Gasteiger charge is -2.09. The molecule has 2 aromatic carbocycles. The van der Waals surface area contributed by atoms with E-state index >= 15 is 0 Å². The molecule has 0 fully saturated rings. The van der Waals surface area contributed by atoms with Crippen LogP contribution in [0.3, 0.4) is 0 Å². The average Bonchev–Trinajstić information content (AvgIpc) is 3.23. The van der Waals surface area contributed by atoms with Gasteiger partial charge in [-0.15, -0.1) is 10.2 Å². The van der Waals surface area contributed by atoms with Crippen molar-refractivity contribution in [2.75, 3.05) is 0 Å². The molecule has 7 nitrogen and oxygen atoms in total. The van der Waals surface area contributed by atoms with E-state index in [4.69, 9.17) is 4.42 Å². The van der Waals surface area contributed by atoms with Gasteiger partial charge >= 0.3 is 0 Å². The van der Waals surface area contributed by atoms with Crippen molar-refractivity contribution in [2.45, 2.75) is 6.54 Å². The minimum absolute atomic E-state index is 0.0725. The van der Waals surface area contributed by atoms with E-state index < -0.39 is 4.92 Å². The summed E-state index contributed by atoms with van der Waals surface area (Å²) in [7, 11) is 0. The van der Waals surface area contributed by atoms with Crippen LogP contribution in [0.4, 0.5) is 5.69 Å². The highest BCUT2D eigenvalue weighted by atomic mass is 16.6. The summed E-state index contributed by atoms with van der Waals surface area (Å²) >= 11 is 0. The first-order valence-electron chi connectivity index (χ1n) is 7.30. The van der Waals surface area contributed by atoms with Gasteiger partial charge < -0.3 is 8.98 Å². The first kappa shape index (κ1) is 14.1. The number of nitro benzene ring substituents is 1. The zero-order chi connectivity index (χ0) is 16.5. The summed E-state index contributed by atoms with van der Waals surface area (Å²) in [4.78, 5) is 10.6. The van der Waals surface area contributed by atoms with E-state index in [1.54, 1.807) is 12.1 Å². The quantitative estimate of drug-likeness (QED) is 0.423. The van der Waals surface area contributed by atoms with E-state index in [0.29, 0.717) is 12.4 Å². The van der Waals surface area contributed by atoms with Crippen LogP contribution < -0.4 is 0 Å². The lowest BCUT2D eigenvalue weighted by atomic mass is 10.2. The zero-order valence-corrected chi connectivity index (χ0v) is 12.5. The molecular formula is C17H12N4O3. The van der Waals surface area contributed by atoms with Gasteiger partial charge in [-0.25, -0.2) is 0 Å². The van der Waals surface area contributed by atoms with Gasteiger partial charge in [0.15, 0.2) is 0 Å². The van der Waals surface area contributed by atoms with Crippen molar-refractivity contribution in [1.29, 1.82) is 0 Å². The van der Waals surface area contributed by atoms with Gasteiger partial charge in [-0.1, -0.05) is 30.3 Å². The van der Waals surface area contributed by atoms with Crippen molar-refractivity contribution in [3.63, 3.8) is 0 Å². The molecule has 0 saturated carbocycles. The standard InChI is InChI=1S/C17H12N4O3/c22-21(23)14-6-3-4-12(8-14)10-20-15-7-2-1-5-13(15)9-16(20)17-19-18-11-24-17/h1-9,11H,10H2. The van der Waals surface area contributed by atoms with Gasteiger partial charge in [-0.3, -0.25) is 10.1 Å². The SMILES string of the molecule is O=[N+]([O-])c1cccc(Cn2c(-c3nnco3)cc3ccccc32)c1. The average molecular weight is 320 g/mol. The Labute approximate surface area is 136 Å². The van der Waals surface area contributed by atoms with Crippen LogP contribution in [0, 0.1) is 10.1 Å². The fourth-order valence-electron chi connectivity index (χ4n) is 2.79. The highest BCUT2D eigenvalue weighted by Crippen LogP contribution is 2.28. The van der Waals surface area contributed by atoms with E-state index in [1.807, 2.05) is 41.0 Å². The second-order valence-electron chi connectivity index (χ2n) is 5.35. The molecule has 0 aliphatic carbocycles. The minimum atomic E-state index is -0.393. The molecule has 2 heterocycles. The third-order valence-corrected chi connectivity index (χ3v) is 3.85. The normalized spacial score (nSPS) is 11.0. The Morgan fingerprint density at radius 2 is 2.00 bits per heavy atom. The Morgan fingerprint density at radius 1 is 1.12 bits per heavy atom. The Hall–Kier alpha value is -3.48. The third-order valence-electron chi connectivity index (χ3n) is 3.85. The highest BCUT2D eigenvalue weighted by molar-refractivity contribution is 5.85. The number of para-hydroxylation sites is 1. The lowest BCUT2D eigenvalue weighted by molar-refractivity contribution is -0.384. The van der Waals surface area contributed by atoms with Gasteiger partial charge in [0, 0.05) is 29.6 Å². The number of aromatic nitrogens is 3. The van der Waals surface area contributed by atoms with Gasteiger partial charge in [-0.2, -0.15) is 0 Å². The number of nitrogens with zero attached hydrogens (tertiary/aromatic N) is 4. The molecule has 0 aliphatic rings. The van der Waals surface area contributed by atoms with Crippen LogP contribution in [0.2, 0.25) is 0 Å². The number of rotatable bonds is 4. The molecule has 0 aliphatic heterocycles. The van der Waals surface area contributed by atoms with Gasteiger partial charge in [-0.05, 0) is 17.7 Å². The maximum atomic E-state index is 11.0. The van der Waals surface area contributed by atoms with E-state index in [0.717, 1.165) is 22.2 Å². The molecule has 7 heteroatoms. The topological polar surface area (TPSA) is 87.0 Å². The monoisotopic (exact) mass is 320 g/mol. The number of benzene rings is 2. The predicted octanol–water partition coefficient (Wildman–Crippen LogP) is 3.65. The molecule has 0 radical (unpaired) electrons. The summed E-state index contributed by atoms with van der Waals surface area (Å²) in [6.07, 6.45) is 1.28. The Bertz CT molecular complexity index is 1020. The van der Waals surface area contributed by atoms with Gasteiger partial charge in [0.05, 0.1) is 4.92 Å². The second kappa shape index (κ2) is 5.62. The molecule has 0 saturated heterocycles. The molecule has 118 valence electrons. The van der Waals surface area contributed by atoms with E-state index in [-0.39, 0.29) is 5.69 Å². The van der Waals surface area contributed by atoms with Crippen LogP contribution in [-0.2, 0) is 6.54 Å². The molecule has 24 heavy (non-hydrogen) atoms. The first-order valence-corrected chi connectivity index (χ1v) is 7.30. The molecule has 0 amide bonds. The Balaban J connectivity index is 1.85. The molecule has 0 atom stereocenters. The second-order valence-corrected chi connectivity index (χ2v) is 5.35. The summed E-state index contributed by atoms with van der Waals surface area (Å²) in [5.41, 5.74) is 2.67. The maximum Gasteiger partial charge on any atom is 0.269 e. The first-order chi connectivity index (χ1) is 11.7. The van der Waals surface area contributed by atoms with Crippen molar-refractivity contribution in [1.82, 2.24) is 14.8 Å². The summed E-state index contributed by atoms with van der Waals surface area (Å²) in [6, 6.07) is 16.5. The van der Waals surface area contributed by atoms with Crippen LogP contribution in [0.1, 0.15) is 5.56 Å². The Kier molecular flexibility index (Phi) is 3.31. The number of nitro groups is 1. The molecule has 0 N–H and O–H groups in total. The van der Waals surface area contributed by atoms with Crippen molar-refractivity contribution in [3.05, 3.63) is 76.7 Å². The van der Waals surface area contributed by atoms with Gasteiger partial charge in [0.25, 0.3) is 11.6 Å². The molecule has 0 unspecified atom stereocenters.